The summed E-state index contributed by atoms with van der Waals surface area (Å²) in [6, 6.07) is 9.05. The predicted octanol–water partition coefficient (Wildman–Crippen LogP) is 3.35. The molecule has 1 aliphatic heterocycles. The van der Waals surface area contributed by atoms with Crippen molar-refractivity contribution in [1.82, 2.24) is 4.90 Å². The number of carbonyl (C=O) groups is 1. The molecule has 0 radical (unpaired) electrons. The molecule has 0 bridgehead atoms. The zero-order chi connectivity index (χ0) is 14.2. The van der Waals surface area contributed by atoms with E-state index < -0.39 is 0 Å². The highest BCUT2D eigenvalue weighted by Crippen LogP contribution is 2.16. The third kappa shape index (κ3) is 4.80. The monoisotopic (exact) mass is 309 g/mol. The summed E-state index contributed by atoms with van der Waals surface area (Å²) < 4.78 is 6.16. The number of likely N-dealkylation sites (tertiary alicyclic amines) is 1. The van der Waals surface area contributed by atoms with Gasteiger partial charge in [0.05, 0.1) is 5.56 Å². The maximum Gasteiger partial charge on any atom is 0.338 e. The van der Waals surface area contributed by atoms with Gasteiger partial charge >= 0.3 is 5.97 Å². The number of ether oxygens (including phenoxy) is 1. The van der Waals surface area contributed by atoms with E-state index in [-0.39, 0.29) is 5.97 Å². The fourth-order valence-corrected chi connectivity index (χ4v) is 3.23. The molecule has 0 N–H and O–H groups in total. The van der Waals surface area contributed by atoms with Crippen LogP contribution in [0.15, 0.2) is 30.3 Å². The molecule has 1 fully saturated rings. The molecular weight excluding hydrogens is 290 g/mol. The lowest BCUT2D eigenvalue weighted by Crippen LogP contribution is -2.33. The molecule has 5 heteroatoms. The van der Waals surface area contributed by atoms with Crippen LogP contribution in [0.5, 0.6) is 0 Å². The molecule has 0 atom stereocenters. The second-order valence-electron chi connectivity index (χ2n) is 4.66. The summed E-state index contributed by atoms with van der Waals surface area (Å²) in [4.78, 5) is 14.0. The molecule has 0 aliphatic carbocycles. The smallest absolute Gasteiger partial charge is 0.338 e. The van der Waals surface area contributed by atoms with Crippen LogP contribution in [0, 0.1) is 0 Å². The van der Waals surface area contributed by atoms with Crippen LogP contribution in [0.2, 0.25) is 0 Å². The maximum atomic E-state index is 11.7. The van der Waals surface area contributed by atoms with Crippen molar-refractivity contribution in [1.29, 1.82) is 0 Å². The second-order valence-corrected chi connectivity index (χ2v) is 6.39. The number of rotatable bonds is 4. The molecule has 0 saturated carbocycles. The summed E-state index contributed by atoms with van der Waals surface area (Å²) in [5, 5.41) is 0. The van der Waals surface area contributed by atoms with Crippen molar-refractivity contribution in [2.45, 2.75) is 19.3 Å². The molecule has 1 aliphatic rings. The molecular formula is C15H19NO2S2. The number of hydrogen-bond donors (Lipinski definition) is 0. The summed E-state index contributed by atoms with van der Waals surface area (Å²) in [5.41, 5.74) is 0.594. The number of hydrogen-bond acceptors (Lipinski definition) is 4. The fourth-order valence-electron chi connectivity index (χ4n) is 2.09. The Hall–Kier alpha value is -1.07. The Morgan fingerprint density at radius 1 is 1.20 bits per heavy atom. The Bertz CT molecular complexity index is 444. The third-order valence-electron chi connectivity index (χ3n) is 3.17. The summed E-state index contributed by atoms with van der Waals surface area (Å²) in [6.45, 7) is 2.53. The minimum Gasteiger partial charge on any atom is -0.461 e. The Morgan fingerprint density at radius 2 is 1.90 bits per heavy atom. The molecule has 108 valence electrons. The van der Waals surface area contributed by atoms with Crippen molar-refractivity contribution in [3.8, 4) is 0 Å². The molecule has 3 nitrogen and oxygen atoms in total. The SMILES string of the molecule is O=C(OCCSC(=S)N1CCCCC1)c1ccccc1. The van der Waals surface area contributed by atoms with Gasteiger partial charge < -0.3 is 9.64 Å². The lowest BCUT2D eigenvalue weighted by molar-refractivity contribution is 0.0530. The average Bonchev–Trinajstić information content (AvgIpc) is 2.53. The van der Waals surface area contributed by atoms with Crippen molar-refractivity contribution < 1.29 is 9.53 Å². The zero-order valence-corrected chi connectivity index (χ0v) is 13.0. The maximum absolute atomic E-state index is 11.7. The first-order chi connectivity index (χ1) is 9.77. The van der Waals surface area contributed by atoms with Crippen LogP contribution in [-0.4, -0.2) is 40.6 Å². The fraction of sp³-hybridized carbons (Fsp3) is 0.467. The molecule has 2 rings (SSSR count). The van der Waals surface area contributed by atoms with Gasteiger partial charge in [-0.15, -0.1) is 0 Å². The molecule has 0 unspecified atom stereocenters. The summed E-state index contributed by atoms with van der Waals surface area (Å²) in [5.74, 6) is 0.448. The first-order valence-corrected chi connectivity index (χ1v) is 8.30. The van der Waals surface area contributed by atoms with E-state index in [1.807, 2.05) is 18.2 Å². The van der Waals surface area contributed by atoms with Crippen LogP contribution in [-0.2, 0) is 4.74 Å². The van der Waals surface area contributed by atoms with Gasteiger partial charge in [0.1, 0.15) is 10.9 Å². The number of carbonyl (C=O) groups excluding carboxylic acids is 1. The lowest BCUT2D eigenvalue weighted by Gasteiger charge is -2.28. The highest BCUT2D eigenvalue weighted by molar-refractivity contribution is 8.22. The zero-order valence-electron chi connectivity index (χ0n) is 11.4. The summed E-state index contributed by atoms with van der Waals surface area (Å²) >= 11 is 7.00. The highest BCUT2D eigenvalue weighted by Gasteiger charge is 2.13. The number of piperidine rings is 1. The number of benzene rings is 1. The van der Waals surface area contributed by atoms with E-state index in [2.05, 4.69) is 4.90 Å². The van der Waals surface area contributed by atoms with Gasteiger partial charge in [-0.3, -0.25) is 0 Å². The van der Waals surface area contributed by atoms with Gasteiger partial charge in [0.15, 0.2) is 0 Å². The van der Waals surface area contributed by atoms with E-state index in [1.54, 1.807) is 23.9 Å². The number of thiocarbonyl (C=S) groups is 1. The molecule has 0 spiro atoms. The predicted molar refractivity (Wildman–Crippen MR) is 87.2 cm³/mol. The molecule has 1 aromatic carbocycles. The van der Waals surface area contributed by atoms with Gasteiger partial charge in [-0.05, 0) is 31.4 Å². The highest BCUT2D eigenvalue weighted by atomic mass is 32.2. The van der Waals surface area contributed by atoms with Crippen molar-refractivity contribution >= 4 is 34.3 Å². The van der Waals surface area contributed by atoms with E-state index in [1.165, 1.54) is 19.3 Å². The van der Waals surface area contributed by atoms with Crippen molar-refractivity contribution in [3.05, 3.63) is 35.9 Å². The Kier molecular flexibility index (Phi) is 6.33. The summed E-state index contributed by atoms with van der Waals surface area (Å²) in [7, 11) is 0. The first-order valence-electron chi connectivity index (χ1n) is 6.91. The topological polar surface area (TPSA) is 29.5 Å². The normalized spacial score (nSPS) is 14.9. The summed E-state index contributed by atoms with van der Waals surface area (Å²) in [6.07, 6.45) is 3.76. The quantitative estimate of drug-likeness (QED) is 0.483. The number of thioether (sulfide) groups is 1. The number of nitrogens with zero attached hydrogens (tertiary/aromatic N) is 1. The van der Waals surface area contributed by atoms with Gasteiger partial charge in [-0.2, -0.15) is 0 Å². The largest absolute Gasteiger partial charge is 0.461 e. The van der Waals surface area contributed by atoms with E-state index in [0.29, 0.717) is 17.9 Å². The van der Waals surface area contributed by atoms with Crippen molar-refractivity contribution in [2.24, 2.45) is 0 Å². The average molecular weight is 309 g/mol. The second kappa shape index (κ2) is 8.27. The molecule has 0 amide bonds. The van der Waals surface area contributed by atoms with Crippen molar-refractivity contribution in [3.63, 3.8) is 0 Å². The Labute approximate surface area is 129 Å². The van der Waals surface area contributed by atoms with Crippen LogP contribution >= 0.6 is 24.0 Å². The molecule has 1 aromatic rings. The molecule has 0 aromatic heterocycles. The van der Waals surface area contributed by atoms with Crippen LogP contribution in [0.25, 0.3) is 0 Å². The minimum atomic E-state index is -0.268. The van der Waals surface area contributed by atoms with Crippen LogP contribution in [0.1, 0.15) is 29.6 Å². The van der Waals surface area contributed by atoms with E-state index in [0.717, 1.165) is 17.4 Å². The van der Waals surface area contributed by atoms with Gasteiger partial charge in [-0.25, -0.2) is 4.79 Å². The van der Waals surface area contributed by atoms with E-state index in [9.17, 15) is 4.79 Å². The van der Waals surface area contributed by atoms with Gasteiger partial charge in [0, 0.05) is 18.8 Å². The van der Waals surface area contributed by atoms with Gasteiger partial charge in [-0.1, -0.05) is 42.2 Å². The third-order valence-corrected chi connectivity index (χ3v) is 4.65. The molecule has 1 saturated heterocycles. The van der Waals surface area contributed by atoms with Gasteiger partial charge in [0.2, 0.25) is 0 Å². The van der Waals surface area contributed by atoms with E-state index >= 15 is 0 Å². The lowest BCUT2D eigenvalue weighted by atomic mass is 10.1. The standard InChI is InChI=1S/C15H19NO2S2/c17-14(13-7-3-1-4-8-13)18-11-12-20-15(19)16-9-5-2-6-10-16/h1,3-4,7-8H,2,5-6,9-12H2. The Balaban J connectivity index is 1.64. The van der Waals surface area contributed by atoms with E-state index in [4.69, 9.17) is 17.0 Å². The molecule has 1 heterocycles. The van der Waals surface area contributed by atoms with Gasteiger partial charge in [0.25, 0.3) is 0 Å². The van der Waals surface area contributed by atoms with Crippen molar-refractivity contribution in [2.75, 3.05) is 25.4 Å². The molecule has 20 heavy (non-hydrogen) atoms. The van der Waals surface area contributed by atoms with Crippen LogP contribution in [0.3, 0.4) is 0 Å². The Morgan fingerprint density at radius 3 is 2.60 bits per heavy atom. The van der Waals surface area contributed by atoms with Crippen LogP contribution in [0.4, 0.5) is 0 Å². The minimum absolute atomic E-state index is 0.268. The van der Waals surface area contributed by atoms with Crippen LogP contribution < -0.4 is 0 Å². The number of esters is 1. The first kappa shape index (κ1) is 15.3.